The molecule has 2 aliphatic rings. The van der Waals surface area contributed by atoms with Gasteiger partial charge in [-0.2, -0.15) is 0 Å². The van der Waals surface area contributed by atoms with Crippen LogP contribution < -0.4 is 16.6 Å². The third kappa shape index (κ3) is 2.06. The first-order valence-corrected chi connectivity index (χ1v) is 8.16. The third-order valence-electron chi connectivity index (χ3n) is 4.46. The summed E-state index contributed by atoms with van der Waals surface area (Å²) in [7, 11) is 0. The molecular formula is C14H16N4O3S. The first-order chi connectivity index (χ1) is 10.7. The fraction of sp³-hybridized carbons (Fsp3) is 0.500. The number of nitrogens with one attached hydrogen (secondary N) is 2. The quantitative estimate of drug-likeness (QED) is 0.822. The average Bonchev–Trinajstić information content (AvgIpc) is 3.13. The van der Waals surface area contributed by atoms with Gasteiger partial charge in [0.05, 0.1) is 29.9 Å². The second kappa shape index (κ2) is 5.15. The van der Waals surface area contributed by atoms with Crippen molar-refractivity contribution in [2.45, 2.75) is 31.6 Å². The number of aromatic nitrogens is 3. The molecule has 0 unspecified atom stereocenters. The monoisotopic (exact) mass is 320 g/mol. The zero-order valence-corrected chi connectivity index (χ0v) is 12.7. The summed E-state index contributed by atoms with van der Waals surface area (Å²) in [6.07, 6.45) is 3.24. The zero-order valence-electron chi connectivity index (χ0n) is 11.9. The Hall–Kier alpha value is -1.77. The van der Waals surface area contributed by atoms with E-state index in [2.05, 4.69) is 15.3 Å². The third-order valence-corrected chi connectivity index (χ3v) is 5.22. The standard InChI is InChI=1S/C14H16N4O3S/c19-12-11-10(7-21-14(11)1-3-15-4-2-14)18(13(20)17-12)6-9-5-16-8-22-9/h5,8,15H,1-4,6-7H2,(H,17,19,20). The van der Waals surface area contributed by atoms with Crippen LogP contribution in [-0.4, -0.2) is 27.6 Å². The number of nitrogens with zero attached hydrogens (tertiary/aromatic N) is 2. The fourth-order valence-corrected chi connectivity index (χ4v) is 3.97. The van der Waals surface area contributed by atoms with Gasteiger partial charge in [0.1, 0.15) is 5.60 Å². The number of H-pyrrole nitrogens is 1. The number of hydrogen-bond acceptors (Lipinski definition) is 6. The van der Waals surface area contributed by atoms with Gasteiger partial charge in [0.25, 0.3) is 5.56 Å². The maximum atomic E-state index is 12.4. The molecule has 0 aromatic carbocycles. The minimum atomic E-state index is -0.544. The maximum Gasteiger partial charge on any atom is 0.328 e. The van der Waals surface area contributed by atoms with Gasteiger partial charge in [0, 0.05) is 11.1 Å². The Labute approximate surface area is 130 Å². The predicted molar refractivity (Wildman–Crippen MR) is 81.1 cm³/mol. The van der Waals surface area contributed by atoms with Crippen LogP contribution in [0.5, 0.6) is 0 Å². The number of hydrogen-bond donors (Lipinski definition) is 2. The number of thiazole rings is 1. The van der Waals surface area contributed by atoms with E-state index >= 15 is 0 Å². The largest absolute Gasteiger partial charge is 0.364 e. The summed E-state index contributed by atoms with van der Waals surface area (Å²) in [4.78, 5) is 32.1. The van der Waals surface area contributed by atoms with Crippen LogP contribution in [0.3, 0.4) is 0 Å². The van der Waals surface area contributed by atoms with Crippen molar-refractivity contribution < 1.29 is 4.74 Å². The topological polar surface area (TPSA) is 89.0 Å². The van der Waals surface area contributed by atoms with Crippen molar-refractivity contribution in [1.82, 2.24) is 19.9 Å². The van der Waals surface area contributed by atoms with E-state index in [1.165, 1.54) is 11.3 Å². The molecular weight excluding hydrogens is 304 g/mol. The molecule has 0 aliphatic carbocycles. The van der Waals surface area contributed by atoms with Gasteiger partial charge in [0.15, 0.2) is 0 Å². The van der Waals surface area contributed by atoms with E-state index in [4.69, 9.17) is 4.74 Å². The van der Waals surface area contributed by atoms with Crippen molar-refractivity contribution in [3.63, 3.8) is 0 Å². The Morgan fingerprint density at radius 2 is 2.18 bits per heavy atom. The number of aromatic amines is 1. The lowest BCUT2D eigenvalue weighted by Gasteiger charge is -2.33. The molecule has 1 spiro atoms. The van der Waals surface area contributed by atoms with Gasteiger partial charge in [-0.15, -0.1) is 11.3 Å². The molecule has 0 saturated carbocycles. The van der Waals surface area contributed by atoms with Crippen molar-refractivity contribution >= 4 is 11.3 Å². The molecule has 1 fully saturated rings. The lowest BCUT2D eigenvalue weighted by atomic mass is 9.86. The van der Waals surface area contributed by atoms with E-state index in [0.717, 1.165) is 30.8 Å². The van der Waals surface area contributed by atoms with Gasteiger partial charge in [-0.3, -0.25) is 19.3 Å². The second-order valence-corrected chi connectivity index (χ2v) is 6.64. The highest BCUT2D eigenvalue weighted by atomic mass is 32.1. The molecule has 0 amide bonds. The molecule has 2 aliphatic heterocycles. The molecule has 8 heteroatoms. The minimum Gasteiger partial charge on any atom is -0.364 e. The first kappa shape index (κ1) is 13.9. The van der Waals surface area contributed by atoms with Gasteiger partial charge in [-0.25, -0.2) is 4.79 Å². The summed E-state index contributed by atoms with van der Waals surface area (Å²) in [6, 6.07) is 0. The van der Waals surface area contributed by atoms with Gasteiger partial charge in [-0.05, 0) is 25.9 Å². The summed E-state index contributed by atoms with van der Waals surface area (Å²) in [5.41, 5.74) is 1.85. The van der Waals surface area contributed by atoms with Gasteiger partial charge in [-0.1, -0.05) is 0 Å². The van der Waals surface area contributed by atoms with Crippen molar-refractivity contribution in [3.05, 3.63) is 48.7 Å². The SMILES string of the molecule is O=c1[nH]c(=O)n(Cc2cncs2)c2c1C1(CCNCC1)OC2. The van der Waals surface area contributed by atoms with E-state index in [-0.39, 0.29) is 11.2 Å². The van der Waals surface area contributed by atoms with E-state index in [9.17, 15) is 9.59 Å². The van der Waals surface area contributed by atoms with Crippen LogP contribution in [-0.2, 0) is 23.5 Å². The minimum absolute atomic E-state index is 0.306. The molecule has 1 saturated heterocycles. The summed E-state index contributed by atoms with van der Waals surface area (Å²) in [6.45, 7) is 2.35. The van der Waals surface area contributed by atoms with E-state index < -0.39 is 5.60 Å². The van der Waals surface area contributed by atoms with Crippen LogP contribution in [0.2, 0.25) is 0 Å². The first-order valence-electron chi connectivity index (χ1n) is 7.28. The van der Waals surface area contributed by atoms with E-state index in [1.54, 1.807) is 16.3 Å². The molecule has 4 rings (SSSR count). The van der Waals surface area contributed by atoms with Gasteiger partial charge in [0.2, 0.25) is 0 Å². The summed E-state index contributed by atoms with van der Waals surface area (Å²) in [5, 5.41) is 3.28. The Morgan fingerprint density at radius 1 is 1.36 bits per heavy atom. The second-order valence-electron chi connectivity index (χ2n) is 5.67. The van der Waals surface area contributed by atoms with Crippen molar-refractivity contribution in [2.75, 3.05) is 13.1 Å². The number of piperidine rings is 1. The molecule has 0 atom stereocenters. The molecule has 22 heavy (non-hydrogen) atoms. The smallest absolute Gasteiger partial charge is 0.328 e. The zero-order chi connectivity index (χ0) is 15.2. The Bertz CT molecular complexity index is 802. The molecule has 116 valence electrons. The Balaban J connectivity index is 1.85. The number of ether oxygens (including phenoxy) is 1. The Kier molecular flexibility index (Phi) is 3.24. The Morgan fingerprint density at radius 3 is 2.91 bits per heavy atom. The van der Waals surface area contributed by atoms with Crippen LogP contribution in [0.4, 0.5) is 0 Å². The highest BCUT2D eigenvalue weighted by Gasteiger charge is 2.44. The highest BCUT2D eigenvalue weighted by molar-refractivity contribution is 7.09. The highest BCUT2D eigenvalue weighted by Crippen LogP contribution is 2.40. The molecule has 0 radical (unpaired) electrons. The number of rotatable bonds is 2. The van der Waals surface area contributed by atoms with Gasteiger partial charge < -0.3 is 10.1 Å². The average molecular weight is 320 g/mol. The van der Waals surface area contributed by atoms with Crippen LogP contribution in [0, 0.1) is 0 Å². The fourth-order valence-electron chi connectivity index (χ4n) is 3.38. The summed E-state index contributed by atoms with van der Waals surface area (Å²) in [5.74, 6) is 0. The molecule has 4 heterocycles. The van der Waals surface area contributed by atoms with Crippen molar-refractivity contribution in [1.29, 1.82) is 0 Å². The van der Waals surface area contributed by atoms with Crippen LogP contribution in [0.1, 0.15) is 29.0 Å². The van der Waals surface area contributed by atoms with E-state index in [1.807, 2.05) is 0 Å². The molecule has 7 nitrogen and oxygen atoms in total. The summed E-state index contributed by atoms with van der Waals surface area (Å²) < 4.78 is 7.63. The van der Waals surface area contributed by atoms with Crippen molar-refractivity contribution in [2.24, 2.45) is 0 Å². The van der Waals surface area contributed by atoms with Crippen molar-refractivity contribution in [3.8, 4) is 0 Å². The molecule has 2 N–H and O–H groups in total. The van der Waals surface area contributed by atoms with Crippen LogP contribution in [0.15, 0.2) is 21.3 Å². The molecule has 2 aromatic rings. The lowest BCUT2D eigenvalue weighted by molar-refractivity contribution is -0.0602. The predicted octanol–water partition coefficient (Wildman–Crippen LogP) is 0.150. The lowest BCUT2D eigenvalue weighted by Crippen LogP contribution is -2.44. The summed E-state index contributed by atoms with van der Waals surface area (Å²) >= 11 is 1.49. The maximum absolute atomic E-state index is 12.4. The molecule has 2 aromatic heterocycles. The van der Waals surface area contributed by atoms with Crippen LogP contribution in [0.25, 0.3) is 0 Å². The molecule has 0 bridgehead atoms. The normalized spacial score (nSPS) is 19.5. The van der Waals surface area contributed by atoms with Crippen LogP contribution >= 0.6 is 11.3 Å². The number of fused-ring (bicyclic) bond motifs is 2. The van der Waals surface area contributed by atoms with Gasteiger partial charge >= 0.3 is 5.69 Å². The van der Waals surface area contributed by atoms with E-state index in [0.29, 0.717) is 24.4 Å².